The molecule has 192 valence electrons. The quantitative estimate of drug-likeness (QED) is 0.486. The molecule has 4 heterocycles. The fraction of sp³-hybridized carbons (Fsp3) is 0.379. The van der Waals surface area contributed by atoms with Gasteiger partial charge >= 0.3 is 0 Å². The van der Waals surface area contributed by atoms with Gasteiger partial charge in [-0.25, -0.2) is 13.2 Å². The van der Waals surface area contributed by atoms with Gasteiger partial charge in [0.1, 0.15) is 0 Å². The third-order valence-electron chi connectivity index (χ3n) is 8.02. The Morgan fingerprint density at radius 3 is 2.46 bits per heavy atom. The van der Waals surface area contributed by atoms with Crippen LogP contribution in [0.15, 0.2) is 60.9 Å². The summed E-state index contributed by atoms with van der Waals surface area (Å²) in [5.74, 6) is -2.57. The number of pyridine rings is 1. The predicted octanol–water partition coefficient (Wildman–Crippen LogP) is 5.04. The van der Waals surface area contributed by atoms with Crippen LogP contribution in [0, 0.1) is 11.6 Å². The number of likely N-dealkylation sites (tertiary alicyclic amines) is 2. The monoisotopic (exact) mass is 507 g/mol. The molecule has 8 heteroatoms. The second kappa shape index (κ2) is 9.58. The second-order valence-electron chi connectivity index (χ2n) is 10.2. The summed E-state index contributed by atoms with van der Waals surface area (Å²) < 4.78 is 48.0. The lowest BCUT2D eigenvalue weighted by atomic mass is 9.84. The van der Waals surface area contributed by atoms with Crippen molar-refractivity contribution in [3.05, 3.63) is 100 Å². The Kier molecular flexibility index (Phi) is 6.24. The van der Waals surface area contributed by atoms with Crippen LogP contribution >= 0.6 is 0 Å². The molecule has 1 aromatic heterocycles. The van der Waals surface area contributed by atoms with E-state index in [1.807, 2.05) is 42.7 Å². The summed E-state index contributed by atoms with van der Waals surface area (Å²) in [5, 5.41) is 0. The number of hydrogen-bond acceptors (Lipinski definition) is 4. The van der Waals surface area contributed by atoms with Gasteiger partial charge in [0.25, 0.3) is 5.91 Å². The van der Waals surface area contributed by atoms with Crippen LogP contribution in [0.4, 0.5) is 13.2 Å². The van der Waals surface area contributed by atoms with E-state index < -0.39 is 29.8 Å². The minimum Gasteiger partial charge on any atom is -0.365 e. The van der Waals surface area contributed by atoms with Crippen LogP contribution in [0.25, 0.3) is 0 Å². The lowest BCUT2D eigenvalue weighted by Gasteiger charge is -2.39. The number of piperidine rings is 1. The van der Waals surface area contributed by atoms with Crippen molar-refractivity contribution >= 4 is 5.91 Å². The SMILES string of the molecule is O=C1C(F)CCN1C(c1ccc(CN2CCC3(CC2)OCc2ccncc23)cc1)c1ccc(F)c(F)c1. The molecule has 0 aliphatic carbocycles. The van der Waals surface area contributed by atoms with E-state index in [0.29, 0.717) is 12.2 Å². The third-order valence-corrected chi connectivity index (χ3v) is 8.02. The fourth-order valence-electron chi connectivity index (χ4n) is 5.96. The Balaban J connectivity index is 1.17. The summed E-state index contributed by atoms with van der Waals surface area (Å²) in [6.45, 7) is 3.42. The molecule has 0 radical (unpaired) electrons. The Morgan fingerprint density at radius 1 is 1.00 bits per heavy atom. The molecule has 2 unspecified atom stereocenters. The zero-order valence-corrected chi connectivity index (χ0v) is 20.4. The van der Waals surface area contributed by atoms with E-state index in [2.05, 4.69) is 9.88 Å². The Morgan fingerprint density at radius 2 is 1.76 bits per heavy atom. The number of hydrogen-bond donors (Lipinski definition) is 0. The molecule has 0 bridgehead atoms. The van der Waals surface area contributed by atoms with Crippen LogP contribution in [0.5, 0.6) is 0 Å². The molecule has 3 aliphatic rings. The average molecular weight is 508 g/mol. The molecule has 6 rings (SSSR count). The van der Waals surface area contributed by atoms with E-state index in [1.165, 1.54) is 22.1 Å². The number of nitrogens with zero attached hydrogens (tertiary/aromatic N) is 3. The molecule has 2 saturated heterocycles. The van der Waals surface area contributed by atoms with Crippen molar-refractivity contribution < 1.29 is 22.7 Å². The maximum absolute atomic E-state index is 14.1. The van der Waals surface area contributed by atoms with Crippen molar-refractivity contribution in [2.75, 3.05) is 19.6 Å². The Labute approximate surface area is 213 Å². The highest BCUT2D eigenvalue weighted by Crippen LogP contribution is 2.44. The first kappa shape index (κ1) is 24.1. The zero-order valence-electron chi connectivity index (χ0n) is 20.4. The number of fused-ring (bicyclic) bond motifs is 2. The lowest BCUT2D eigenvalue weighted by molar-refractivity contribution is -0.133. The van der Waals surface area contributed by atoms with E-state index in [1.54, 1.807) is 0 Å². The fourth-order valence-corrected chi connectivity index (χ4v) is 5.96. The normalized spacial score (nSPS) is 22.0. The predicted molar refractivity (Wildman–Crippen MR) is 131 cm³/mol. The summed E-state index contributed by atoms with van der Waals surface area (Å²) in [4.78, 5) is 20.6. The number of carbonyl (C=O) groups excluding carboxylic acids is 1. The molecule has 3 aliphatic heterocycles. The first-order chi connectivity index (χ1) is 17.9. The highest BCUT2D eigenvalue weighted by molar-refractivity contribution is 5.83. The molecule has 0 saturated carbocycles. The number of carbonyl (C=O) groups is 1. The van der Waals surface area contributed by atoms with Gasteiger partial charge in [0.15, 0.2) is 17.8 Å². The van der Waals surface area contributed by atoms with Crippen molar-refractivity contribution in [3.8, 4) is 0 Å². The van der Waals surface area contributed by atoms with Crippen molar-refractivity contribution in [3.63, 3.8) is 0 Å². The maximum Gasteiger partial charge on any atom is 0.257 e. The molecule has 37 heavy (non-hydrogen) atoms. The standard InChI is InChI=1S/C29H28F3N3O2/c30-24-6-5-21(15-26(24)32)27(35-12-8-25(31)28(35)36)20-3-1-19(2-4-20)17-34-13-9-29(10-14-34)23-16-33-11-7-22(23)18-37-29/h1-7,11,15-16,25,27H,8-10,12-14,17-18H2. The summed E-state index contributed by atoms with van der Waals surface area (Å²) >= 11 is 0. The van der Waals surface area contributed by atoms with Gasteiger partial charge in [-0.1, -0.05) is 30.3 Å². The molecule has 2 aromatic carbocycles. The van der Waals surface area contributed by atoms with Crippen LogP contribution in [-0.4, -0.2) is 46.5 Å². The summed E-state index contributed by atoms with van der Waals surface area (Å²) in [6, 6.07) is 12.7. The number of alkyl halides is 1. The van der Waals surface area contributed by atoms with E-state index in [9.17, 15) is 18.0 Å². The molecule has 2 fully saturated rings. The topological polar surface area (TPSA) is 45.7 Å². The minimum atomic E-state index is -1.57. The Bertz CT molecular complexity index is 1310. The van der Waals surface area contributed by atoms with Gasteiger partial charge in [-0.3, -0.25) is 14.7 Å². The van der Waals surface area contributed by atoms with Crippen LogP contribution in [-0.2, 0) is 28.3 Å². The molecule has 0 N–H and O–H groups in total. The number of amides is 1. The molecule has 1 amide bonds. The number of aromatic nitrogens is 1. The summed E-state index contributed by atoms with van der Waals surface area (Å²) in [7, 11) is 0. The van der Waals surface area contributed by atoms with Gasteiger partial charge in [-0.05, 0) is 53.3 Å². The molecule has 1 spiro atoms. The van der Waals surface area contributed by atoms with Crippen LogP contribution in [0.2, 0.25) is 0 Å². The number of benzene rings is 2. The van der Waals surface area contributed by atoms with Crippen LogP contribution in [0.3, 0.4) is 0 Å². The average Bonchev–Trinajstić information content (AvgIpc) is 3.44. The first-order valence-electron chi connectivity index (χ1n) is 12.7. The van der Waals surface area contributed by atoms with Gasteiger partial charge in [0.05, 0.1) is 18.2 Å². The van der Waals surface area contributed by atoms with Gasteiger partial charge in [0, 0.05) is 50.6 Å². The molecular weight excluding hydrogens is 479 g/mol. The second-order valence-corrected chi connectivity index (χ2v) is 10.2. The van der Waals surface area contributed by atoms with Crippen molar-refractivity contribution in [2.24, 2.45) is 0 Å². The van der Waals surface area contributed by atoms with Gasteiger partial charge in [-0.2, -0.15) is 0 Å². The van der Waals surface area contributed by atoms with E-state index >= 15 is 0 Å². The van der Waals surface area contributed by atoms with Crippen molar-refractivity contribution in [2.45, 2.75) is 50.2 Å². The number of halogens is 3. The van der Waals surface area contributed by atoms with Gasteiger partial charge in [-0.15, -0.1) is 0 Å². The highest BCUT2D eigenvalue weighted by Gasteiger charge is 2.43. The van der Waals surface area contributed by atoms with Gasteiger partial charge < -0.3 is 9.64 Å². The molecule has 5 nitrogen and oxygen atoms in total. The zero-order chi connectivity index (χ0) is 25.6. The third kappa shape index (κ3) is 4.42. The summed E-state index contributed by atoms with van der Waals surface area (Å²) in [6.07, 6.45) is 4.09. The number of rotatable bonds is 5. The number of ether oxygens (including phenoxy) is 1. The smallest absolute Gasteiger partial charge is 0.257 e. The molecular formula is C29H28F3N3O2. The Hall–Kier alpha value is -3.23. The van der Waals surface area contributed by atoms with Crippen molar-refractivity contribution in [1.29, 1.82) is 0 Å². The van der Waals surface area contributed by atoms with Crippen LogP contribution in [0.1, 0.15) is 53.1 Å². The minimum absolute atomic E-state index is 0.0950. The lowest BCUT2D eigenvalue weighted by Crippen LogP contribution is -2.42. The maximum atomic E-state index is 14.1. The summed E-state index contributed by atoms with van der Waals surface area (Å²) in [5.41, 5.74) is 4.46. The largest absolute Gasteiger partial charge is 0.365 e. The van der Waals surface area contributed by atoms with E-state index in [4.69, 9.17) is 4.74 Å². The molecule has 3 aromatic rings. The highest BCUT2D eigenvalue weighted by atomic mass is 19.2. The van der Waals surface area contributed by atoms with Crippen molar-refractivity contribution in [1.82, 2.24) is 14.8 Å². The molecule has 2 atom stereocenters. The van der Waals surface area contributed by atoms with E-state index in [-0.39, 0.29) is 18.6 Å². The van der Waals surface area contributed by atoms with Gasteiger partial charge in [0.2, 0.25) is 0 Å². The van der Waals surface area contributed by atoms with Crippen LogP contribution < -0.4 is 0 Å². The van der Waals surface area contributed by atoms with E-state index in [0.717, 1.165) is 55.7 Å². The first-order valence-corrected chi connectivity index (χ1v) is 12.7.